The Bertz CT molecular complexity index is 1390. The average Bonchev–Trinajstić information content (AvgIpc) is 3.12. The normalized spacial score (nSPS) is 11.1. The zero-order chi connectivity index (χ0) is 21.4. The van der Waals surface area contributed by atoms with Gasteiger partial charge in [-0.1, -0.05) is 41.9 Å². The second-order valence-corrected chi connectivity index (χ2v) is 7.94. The Kier molecular flexibility index (Phi) is 4.92. The molecule has 0 aliphatic carbocycles. The van der Waals surface area contributed by atoms with E-state index in [9.17, 15) is 0 Å². The van der Waals surface area contributed by atoms with Crippen molar-refractivity contribution in [3.05, 3.63) is 102 Å². The fourth-order valence-electron chi connectivity index (χ4n) is 3.82. The van der Waals surface area contributed by atoms with Crippen molar-refractivity contribution in [2.75, 3.05) is 5.32 Å². The number of halogens is 1. The quantitative estimate of drug-likeness (QED) is 0.335. The molecular weight excluding hydrogens is 404 g/mol. The van der Waals surface area contributed by atoms with Crippen molar-refractivity contribution in [1.29, 1.82) is 0 Å². The molecule has 0 bridgehead atoms. The maximum Gasteiger partial charge on any atom is 0.161 e. The number of hydrogen-bond donors (Lipinski definition) is 1. The summed E-state index contributed by atoms with van der Waals surface area (Å²) in [6, 6.07) is 24.4. The van der Waals surface area contributed by atoms with Crippen LogP contribution in [0.3, 0.4) is 0 Å². The Morgan fingerprint density at radius 2 is 1.68 bits per heavy atom. The van der Waals surface area contributed by atoms with Crippen LogP contribution in [0.5, 0.6) is 0 Å². The highest BCUT2D eigenvalue weighted by Gasteiger charge is 2.15. The van der Waals surface area contributed by atoms with Gasteiger partial charge in [0.1, 0.15) is 0 Å². The highest BCUT2D eigenvalue weighted by molar-refractivity contribution is 6.33. The highest BCUT2D eigenvalue weighted by Crippen LogP contribution is 2.32. The predicted molar refractivity (Wildman–Crippen MR) is 128 cm³/mol. The molecule has 0 amide bonds. The van der Waals surface area contributed by atoms with Crippen molar-refractivity contribution in [2.24, 2.45) is 0 Å². The van der Waals surface area contributed by atoms with Crippen molar-refractivity contribution in [2.45, 2.75) is 13.8 Å². The number of nitrogens with zero attached hydrogens (tertiary/aromatic N) is 3. The first-order valence-electron chi connectivity index (χ1n) is 10.1. The van der Waals surface area contributed by atoms with Crippen molar-refractivity contribution in [1.82, 2.24) is 14.4 Å². The zero-order valence-electron chi connectivity index (χ0n) is 17.3. The Balaban J connectivity index is 1.50. The molecule has 31 heavy (non-hydrogen) atoms. The maximum absolute atomic E-state index is 6.43. The van der Waals surface area contributed by atoms with E-state index in [-0.39, 0.29) is 0 Å². The third-order valence-corrected chi connectivity index (χ3v) is 5.74. The first kappa shape index (κ1) is 19.3. The monoisotopic (exact) mass is 424 g/mol. The highest BCUT2D eigenvalue weighted by atomic mass is 35.5. The third-order valence-electron chi connectivity index (χ3n) is 5.41. The summed E-state index contributed by atoms with van der Waals surface area (Å²) in [5, 5.41) is 4.21. The molecule has 0 spiro atoms. The first-order chi connectivity index (χ1) is 15.1. The molecule has 3 heterocycles. The first-order valence-corrected chi connectivity index (χ1v) is 10.5. The van der Waals surface area contributed by atoms with E-state index < -0.39 is 0 Å². The van der Waals surface area contributed by atoms with E-state index in [1.807, 2.05) is 61.8 Å². The number of pyridine rings is 2. The molecule has 5 aromatic rings. The summed E-state index contributed by atoms with van der Waals surface area (Å²) in [6.07, 6.45) is 3.87. The van der Waals surface area contributed by atoms with E-state index in [0.29, 0.717) is 5.02 Å². The van der Waals surface area contributed by atoms with E-state index in [1.54, 1.807) is 0 Å². The second-order valence-electron chi connectivity index (χ2n) is 7.53. The largest absolute Gasteiger partial charge is 0.352 e. The Labute approximate surface area is 186 Å². The molecule has 2 aromatic carbocycles. The maximum atomic E-state index is 6.43. The molecule has 0 saturated heterocycles. The zero-order valence-corrected chi connectivity index (χ0v) is 18.1. The lowest BCUT2D eigenvalue weighted by Gasteiger charge is -2.09. The van der Waals surface area contributed by atoms with Crippen LogP contribution in [-0.2, 0) is 0 Å². The van der Waals surface area contributed by atoms with Gasteiger partial charge in [-0.3, -0.25) is 4.98 Å². The van der Waals surface area contributed by atoms with Gasteiger partial charge in [-0.05, 0) is 67.4 Å². The van der Waals surface area contributed by atoms with Gasteiger partial charge in [0.05, 0.1) is 16.4 Å². The average molecular weight is 425 g/mol. The SMILES string of the molecule is Cc1cc(-c2ccc(Nc3cccn4c(C)c(-c5ccccc5Cl)nc34)cc2)ccn1. The molecule has 0 fully saturated rings. The van der Waals surface area contributed by atoms with Gasteiger partial charge in [0.25, 0.3) is 0 Å². The lowest BCUT2D eigenvalue weighted by atomic mass is 10.1. The summed E-state index contributed by atoms with van der Waals surface area (Å²) < 4.78 is 2.09. The van der Waals surface area contributed by atoms with Crippen LogP contribution in [0.4, 0.5) is 11.4 Å². The number of fused-ring (bicyclic) bond motifs is 1. The molecule has 0 atom stereocenters. The predicted octanol–water partition coefficient (Wildman–Crippen LogP) is 7.08. The van der Waals surface area contributed by atoms with Crippen LogP contribution in [0.1, 0.15) is 11.4 Å². The Morgan fingerprint density at radius 3 is 2.45 bits per heavy atom. The summed E-state index contributed by atoms with van der Waals surface area (Å²) in [4.78, 5) is 9.20. The smallest absolute Gasteiger partial charge is 0.161 e. The van der Waals surface area contributed by atoms with Gasteiger partial charge in [0.2, 0.25) is 0 Å². The summed E-state index contributed by atoms with van der Waals surface area (Å²) in [7, 11) is 0. The topological polar surface area (TPSA) is 42.2 Å². The van der Waals surface area contributed by atoms with Crippen LogP contribution in [0.25, 0.3) is 28.0 Å². The molecule has 0 saturated carbocycles. The number of aryl methyl sites for hydroxylation is 2. The molecule has 5 heteroatoms. The minimum Gasteiger partial charge on any atom is -0.352 e. The van der Waals surface area contributed by atoms with E-state index in [4.69, 9.17) is 16.6 Å². The Morgan fingerprint density at radius 1 is 0.871 bits per heavy atom. The van der Waals surface area contributed by atoms with Gasteiger partial charge >= 0.3 is 0 Å². The molecule has 3 aromatic heterocycles. The molecule has 5 rings (SSSR count). The van der Waals surface area contributed by atoms with E-state index in [0.717, 1.165) is 50.8 Å². The van der Waals surface area contributed by atoms with Gasteiger partial charge in [-0.25, -0.2) is 4.98 Å². The molecule has 0 aliphatic heterocycles. The van der Waals surface area contributed by atoms with Crippen LogP contribution in [0.15, 0.2) is 85.2 Å². The van der Waals surface area contributed by atoms with Crippen LogP contribution in [0.2, 0.25) is 5.02 Å². The molecule has 4 nitrogen and oxygen atoms in total. The minimum absolute atomic E-state index is 0.699. The minimum atomic E-state index is 0.699. The lowest BCUT2D eigenvalue weighted by molar-refractivity contribution is 1.11. The summed E-state index contributed by atoms with van der Waals surface area (Å²) >= 11 is 6.43. The van der Waals surface area contributed by atoms with Gasteiger partial charge in [-0.15, -0.1) is 0 Å². The van der Waals surface area contributed by atoms with Crippen LogP contribution in [-0.4, -0.2) is 14.4 Å². The summed E-state index contributed by atoms with van der Waals surface area (Å²) in [5.41, 5.74) is 9.02. The number of anilines is 2. The number of nitrogens with one attached hydrogen (secondary N) is 1. The van der Waals surface area contributed by atoms with Gasteiger partial charge in [0, 0.05) is 35.0 Å². The molecule has 0 unspecified atom stereocenters. The number of rotatable bonds is 4. The molecule has 0 aliphatic rings. The third kappa shape index (κ3) is 3.66. The second kappa shape index (κ2) is 7.89. The van der Waals surface area contributed by atoms with Crippen molar-refractivity contribution < 1.29 is 0 Å². The molecule has 1 N–H and O–H groups in total. The number of aromatic nitrogens is 3. The lowest BCUT2D eigenvalue weighted by Crippen LogP contribution is -1.95. The Hall–Kier alpha value is -3.63. The molecular formula is C26H21ClN4. The van der Waals surface area contributed by atoms with Gasteiger partial charge < -0.3 is 9.72 Å². The van der Waals surface area contributed by atoms with Crippen molar-refractivity contribution in [3.63, 3.8) is 0 Å². The summed E-state index contributed by atoms with van der Waals surface area (Å²) in [5.74, 6) is 0. The van der Waals surface area contributed by atoms with E-state index in [2.05, 4.69) is 52.0 Å². The van der Waals surface area contributed by atoms with Crippen molar-refractivity contribution in [3.8, 4) is 22.4 Å². The van der Waals surface area contributed by atoms with Gasteiger partial charge in [-0.2, -0.15) is 0 Å². The van der Waals surface area contributed by atoms with Gasteiger partial charge in [0.15, 0.2) is 5.65 Å². The van der Waals surface area contributed by atoms with Crippen LogP contribution >= 0.6 is 11.6 Å². The fourth-order valence-corrected chi connectivity index (χ4v) is 4.04. The standard InChI is InChI=1S/C26H21ClN4/c1-17-16-20(13-14-28-17)19-9-11-21(12-10-19)29-24-8-5-15-31-18(2)25(30-26(24)31)22-6-3-4-7-23(22)27/h3-16,29H,1-2H3. The van der Waals surface area contributed by atoms with Crippen LogP contribution < -0.4 is 5.32 Å². The summed E-state index contributed by atoms with van der Waals surface area (Å²) in [6.45, 7) is 4.07. The van der Waals surface area contributed by atoms with E-state index >= 15 is 0 Å². The van der Waals surface area contributed by atoms with E-state index in [1.165, 1.54) is 0 Å². The fraction of sp³-hybridized carbons (Fsp3) is 0.0769. The molecule has 152 valence electrons. The number of imidazole rings is 1. The number of hydrogen-bond acceptors (Lipinski definition) is 3. The molecule has 0 radical (unpaired) electrons. The van der Waals surface area contributed by atoms with Crippen molar-refractivity contribution >= 4 is 28.6 Å². The van der Waals surface area contributed by atoms with Crippen LogP contribution in [0, 0.1) is 13.8 Å². The number of benzene rings is 2.